The summed E-state index contributed by atoms with van der Waals surface area (Å²) in [6.07, 6.45) is 0. The van der Waals surface area contributed by atoms with Crippen LogP contribution in [0.4, 0.5) is 11.4 Å². The van der Waals surface area contributed by atoms with E-state index in [4.69, 9.17) is 10.3 Å². The van der Waals surface area contributed by atoms with Crippen molar-refractivity contribution in [3.8, 4) is 0 Å². The molecule has 1 aromatic heterocycles. The number of benzene rings is 2. The van der Waals surface area contributed by atoms with Crippen molar-refractivity contribution in [2.24, 2.45) is 10.3 Å². The van der Waals surface area contributed by atoms with Gasteiger partial charge < -0.3 is 10.6 Å². The van der Waals surface area contributed by atoms with Gasteiger partial charge in [0, 0.05) is 11.4 Å². The van der Waals surface area contributed by atoms with Crippen LogP contribution >= 0.6 is 34.9 Å². The molecule has 0 aliphatic carbocycles. The highest BCUT2D eigenvalue weighted by atomic mass is 32.2. The summed E-state index contributed by atoms with van der Waals surface area (Å²) >= 11 is 3.47. The van der Waals surface area contributed by atoms with E-state index >= 15 is 0 Å². The molecule has 6 N–H and O–H groups in total. The number of sulfonamides is 2. The van der Waals surface area contributed by atoms with Gasteiger partial charge in [0.15, 0.2) is 8.68 Å². The number of anilines is 2. The average Bonchev–Trinajstić information content (AvgIpc) is 3.26. The summed E-state index contributed by atoms with van der Waals surface area (Å²) < 4.78 is 47.2. The Morgan fingerprint density at radius 3 is 1.51 bits per heavy atom. The number of hydrogen-bond acceptors (Lipinski definition) is 11. The van der Waals surface area contributed by atoms with Crippen LogP contribution in [-0.4, -0.2) is 50.4 Å². The third-order valence-electron chi connectivity index (χ3n) is 4.66. The van der Waals surface area contributed by atoms with Crippen molar-refractivity contribution in [1.82, 2.24) is 10.2 Å². The van der Waals surface area contributed by atoms with Gasteiger partial charge in [0.05, 0.1) is 21.3 Å². The normalized spacial score (nSPS) is 11.8. The fourth-order valence-electron chi connectivity index (χ4n) is 2.77. The highest BCUT2D eigenvalue weighted by Gasteiger charge is 2.15. The lowest BCUT2D eigenvalue weighted by Crippen LogP contribution is -2.17. The molecule has 0 fully saturated rings. The highest BCUT2D eigenvalue weighted by molar-refractivity contribution is 8.03. The summed E-state index contributed by atoms with van der Waals surface area (Å²) in [6, 6.07) is 8.41. The van der Waals surface area contributed by atoms with Gasteiger partial charge in [0.1, 0.15) is 0 Å². The monoisotopic (exact) mass is 602 g/mol. The largest absolute Gasteiger partial charge is 0.325 e. The number of nitrogens with one attached hydrogen (secondary N) is 2. The van der Waals surface area contributed by atoms with Gasteiger partial charge in [-0.2, -0.15) is 0 Å². The third-order valence-corrected chi connectivity index (χ3v) is 9.68. The number of carbonyl (C=O) groups is 2. The van der Waals surface area contributed by atoms with Crippen LogP contribution in [0.5, 0.6) is 0 Å². The second-order valence-electron chi connectivity index (χ2n) is 7.55. The minimum absolute atomic E-state index is 0.00149. The number of aryl methyl sites for hydroxylation is 2. The van der Waals surface area contributed by atoms with Gasteiger partial charge in [-0.25, -0.2) is 27.1 Å². The Morgan fingerprint density at radius 1 is 0.784 bits per heavy atom. The van der Waals surface area contributed by atoms with Gasteiger partial charge in [0.25, 0.3) is 0 Å². The van der Waals surface area contributed by atoms with E-state index in [1.165, 1.54) is 35.6 Å². The van der Waals surface area contributed by atoms with Crippen LogP contribution in [-0.2, 0) is 29.6 Å². The number of primary sulfonamides is 2. The minimum atomic E-state index is -3.90. The van der Waals surface area contributed by atoms with Crippen molar-refractivity contribution < 1.29 is 26.4 Å². The third kappa shape index (κ3) is 8.49. The molecule has 0 bridgehead atoms. The molecule has 0 radical (unpaired) electrons. The average molecular weight is 603 g/mol. The van der Waals surface area contributed by atoms with Crippen molar-refractivity contribution in [1.29, 1.82) is 0 Å². The number of aromatic nitrogens is 2. The first-order valence-corrected chi connectivity index (χ1v) is 16.1. The summed E-state index contributed by atoms with van der Waals surface area (Å²) in [6.45, 7) is 3.44. The van der Waals surface area contributed by atoms with E-state index in [0.29, 0.717) is 31.2 Å². The fraction of sp³-hybridized carbons (Fsp3) is 0.200. The van der Waals surface area contributed by atoms with Crippen LogP contribution in [0.3, 0.4) is 0 Å². The van der Waals surface area contributed by atoms with E-state index < -0.39 is 20.0 Å². The summed E-state index contributed by atoms with van der Waals surface area (Å²) in [4.78, 5) is 24.5. The van der Waals surface area contributed by atoms with Gasteiger partial charge >= 0.3 is 0 Å². The zero-order valence-corrected chi connectivity index (χ0v) is 23.5. The molecule has 2 aromatic carbocycles. The lowest BCUT2D eigenvalue weighted by atomic mass is 10.2. The minimum Gasteiger partial charge on any atom is -0.325 e. The van der Waals surface area contributed by atoms with E-state index in [1.807, 2.05) is 0 Å². The molecule has 0 atom stereocenters. The van der Waals surface area contributed by atoms with Crippen molar-refractivity contribution in [2.45, 2.75) is 32.3 Å². The summed E-state index contributed by atoms with van der Waals surface area (Å²) in [5.74, 6) is -0.752. The summed E-state index contributed by atoms with van der Waals surface area (Å²) in [5.41, 5.74) is 2.01. The van der Waals surface area contributed by atoms with E-state index in [-0.39, 0.29) is 33.1 Å². The maximum Gasteiger partial charge on any atom is 0.238 e. The maximum atomic E-state index is 12.3. The van der Waals surface area contributed by atoms with Gasteiger partial charge in [-0.05, 0) is 49.2 Å². The topological polar surface area (TPSA) is 204 Å². The molecule has 0 saturated carbocycles. The number of hydrogen-bond donors (Lipinski definition) is 4. The quantitative estimate of drug-likeness (QED) is 0.248. The molecule has 0 aliphatic heterocycles. The molecule has 3 aromatic rings. The molecule has 1 heterocycles. The van der Waals surface area contributed by atoms with Crippen LogP contribution in [0, 0.1) is 13.8 Å². The second kappa shape index (κ2) is 11.9. The van der Waals surface area contributed by atoms with Crippen LogP contribution in [0.1, 0.15) is 11.1 Å². The molecular weight excluding hydrogens is 581 g/mol. The Kier molecular flexibility index (Phi) is 9.32. The number of carbonyl (C=O) groups excluding carboxylic acids is 2. The zero-order valence-electron chi connectivity index (χ0n) is 19.4. The highest BCUT2D eigenvalue weighted by Crippen LogP contribution is 2.29. The SMILES string of the molecule is Cc1ccc(S(N)(=O)=O)cc1NC(=O)CSc1nnc(SCC(=O)Nc2cc(S(N)(=O)=O)ccc2C)s1. The van der Waals surface area contributed by atoms with Gasteiger partial charge in [0.2, 0.25) is 31.9 Å². The van der Waals surface area contributed by atoms with Crippen LogP contribution in [0.2, 0.25) is 0 Å². The standard InChI is InChI=1S/C20H22N6O6S5/c1-11-3-5-13(36(21,29)30)7-15(11)23-17(27)9-33-19-25-26-20(35-19)34-10-18(28)24-16-8-14(37(22,31)32)6-4-12(16)2/h3-8H,9-10H2,1-2H3,(H,23,27)(H,24,28)(H2,21,29,30)(H2,22,31,32). The van der Waals surface area contributed by atoms with Crippen molar-refractivity contribution in [3.05, 3.63) is 47.5 Å². The molecule has 198 valence electrons. The first kappa shape index (κ1) is 29.0. The van der Waals surface area contributed by atoms with Crippen molar-refractivity contribution >= 4 is 78.1 Å². The molecule has 12 nitrogen and oxygen atoms in total. The Morgan fingerprint density at radius 2 is 1.16 bits per heavy atom. The Bertz CT molecular complexity index is 1440. The second-order valence-corrected chi connectivity index (χ2v) is 14.1. The molecule has 2 amide bonds. The first-order valence-electron chi connectivity index (χ1n) is 10.2. The van der Waals surface area contributed by atoms with Crippen LogP contribution in [0.25, 0.3) is 0 Å². The molecule has 17 heteroatoms. The number of nitrogens with two attached hydrogens (primary N) is 2. The Hall–Kier alpha value is -2.54. The Balaban J connectivity index is 1.51. The molecule has 0 unspecified atom stereocenters. The van der Waals surface area contributed by atoms with Crippen LogP contribution < -0.4 is 20.9 Å². The van der Waals surface area contributed by atoms with Crippen LogP contribution in [0.15, 0.2) is 54.9 Å². The number of thioether (sulfide) groups is 2. The number of rotatable bonds is 10. The molecule has 3 rings (SSSR count). The Labute approximate surface area is 226 Å². The van der Waals surface area contributed by atoms with Gasteiger partial charge in [-0.3, -0.25) is 9.59 Å². The van der Waals surface area contributed by atoms with Crippen molar-refractivity contribution in [3.63, 3.8) is 0 Å². The number of amides is 2. The molecule has 0 aliphatic rings. The van der Waals surface area contributed by atoms with Gasteiger partial charge in [-0.15, -0.1) is 10.2 Å². The zero-order chi connectivity index (χ0) is 27.4. The molecule has 0 saturated heterocycles. The van der Waals surface area contributed by atoms with E-state index in [2.05, 4.69) is 20.8 Å². The van der Waals surface area contributed by atoms with E-state index in [0.717, 1.165) is 23.5 Å². The van der Waals surface area contributed by atoms with E-state index in [1.54, 1.807) is 26.0 Å². The molecular formula is C20H22N6O6S5. The van der Waals surface area contributed by atoms with E-state index in [9.17, 15) is 26.4 Å². The molecule has 37 heavy (non-hydrogen) atoms. The predicted molar refractivity (Wildman–Crippen MR) is 144 cm³/mol. The fourth-order valence-corrected chi connectivity index (χ4v) is 6.47. The maximum absolute atomic E-state index is 12.3. The lowest BCUT2D eigenvalue weighted by Gasteiger charge is -2.09. The summed E-state index contributed by atoms with van der Waals surface area (Å²) in [7, 11) is -7.81. The van der Waals surface area contributed by atoms with Crippen molar-refractivity contribution in [2.75, 3.05) is 22.1 Å². The van der Waals surface area contributed by atoms with Gasteiger partial charge in [-0.1, -0.05) is 47.0 Å². The first-order chi connectivity index (χ1) is 17.2. The lowest BCUT2D eigenvalue weighted by molar-refractivity contribution is -0.114. The summed E-state index contributed by atoms with van der Waals surface area (Å²) in [5, 5.41) is 23.6. The molecule has 0 spiro atoms. The number of nitrogens with zero attached hydrogens (tertiary/aromatic N) is 2. The predicted octanol–water partition coefficient (Wildman–Crippen LogP) is 1.91. The smallest absolute Gasteiger partial charge is 0.238 e.